The summed E-state index contributed by atoms with van der Waals surface area (Å²) in [6.45, 7) is 6.30. The maximum absolute atomic E-state index is 11.5. The Morgan fingerprint density at radius 3 is 2.57 bits per heavy atom. The molecule has 0 aliphatic carbocycles. The molecular formula is C15H28N2O6. The van der Waals surface area contributed by atoms with Crippen molar-refractivity contribution >= 4 is 11.9 Å². The van der Waals surface area contributed by atoms with E-state index >= 15 is 0 Å². The maximum atomic E-state index is 11.5. The van der Waals surface area contributed by atoms with Gasteiger partial charge in [-0.05, 0) is 6.42 Å². The third kappa shape index (κ3) is 7.26. The molecule has 1 heterocycles. The minimum Gasteiger partial charge on any atom is -0.460 e. The molecule has 8 heteroatoms. The number of esters is 1. The van der Waals surface area contributed by atoms with Crippen molar-refractivity contribution in [3.8, 4) is 0 Å². The van der Waals surface area contributed by atoms with Gasteiger partial charge in [0.1, 0.15) is 12.1 Å². The Labute approximate surface area is 137 Å². The van der Waals surface area contributed by atoms with Crippen LogP contribution >= 0.6 is 0 Å². The molecule has 0 aromatic carbocycles. The lowest BCUT2D eigenvalue weighted by molar-refractivity contribution is -0.238. The van der Waals surface area contributed by atoms with E-state index in [4.69, 9.17) is 24.7 Å². The second-order valence-electron chi connectivity index (χ2n) is 5.42. The first-order chi connectivity index (χ1) is 11.0. The van der Waals surface area contributed by atoms with Crippen molar-refractivity contribution in [3.63, 3.8) is 0 Å². The van der Waals surface area contributed by atoms with E-state index in [0.717, 1.165) is 6.42 Å². The van der Waals surface area contributed by atoms with Gasteiger partial charge in [0.25, 0.3) is 0 Å². The van der Waals surface area contributed by atoms with Crippen LogP contribution in [0.2, 0.25) is 0 Å². The molecule has 1 rings (SSSR count). The monoisotopic (exact) mass is 332 g/mol. The first-order valence-corrected chi connectivity index (χ1v) is 7.97. The highest BCUT2D eigenvalue weighted by molar-refractivity contribution is 5.73. The Kier molecular flexibility index (Phi) is 9.08. The molecule has 4 atom stereocenters. The second-order valence-corrected chi connectivity index (χ2v) is 5.42. The fourth-order valence-electron chi connectivity index (χ4n) is 2.46. The number of carbonyl (C=O) groups is 2. The van der Waals surface area contributed by atoms with E-state index in [1.807, 2.05) is 6.92 Å². The lowest BCUT2D eigenvalue weighted by Gasteiger charge is -2.40. The zero-order valence-electron chi connectivity index (χ0n) is 14.1. The van der Waals surface area contributed by atoms with Crippen LogP contribution in [0.3, 0.4) is 0 Å². The van der Waals surface area contributed by atoms with E-state index < -0.39 is 24.4 Å². The third-order valence-corrected chi connectivity index (χ3v) is 3.43. The zero-order valence-corrected chi connectivity index (χ0v) is 14.1. The van der Waals surface area contributed by atoms with Crippen molar-refractivity contribution in [2.45, 2.75) is 58.2 Å². The summed E-state index contributed by atoms with van der Waals surface area (Å²) in [5, 5.41) is 2.76. The highest BCUT2D eigenvalue weighted by Crippen LogP contribution is 2.25. The van der Waals surface area contributed by atoms with Gasteiger partial charge in [-0.25, -0.2) is 0 Å². The van der Waals surface area contributed by atoms with E-state index in [-0.39, 0.29) is 12.0 Å². The van der Waals surface area contributed by atoms with Crippen LogP contribution in [0.25, 0.3) is 0 Å². The molecule has 23 heavy (non-hydrogen) atoms. The first-order valence-electron chi connectivity index (χ1n) is 7.97. The molecule has 0 aromatic rings. The molecule has 0 unspecified atom stereocenters. The molecule has 0 saturated carbocycles. The summed E-state index contributed by atoms with van der Waals surface area (Å²) in [7, 11) is 0. The molecule has 134 valence electrons. The van der Waals surface area contributed by atoms with Gasteiger partial charge in [-0.1, -0.05) is 6.92 Å². The van der Waals surface area contributed by atoms with Gasteiger partial charge in [-0.2, -0.15) is 0 Å². The number of amides is 1. The van der Waals surface area contributed by atoms with Crippen LogP contribution in [0.5, 0.6) is 0 Å². The number of carbonyl (C=O) groups excluding carboxylic acids is 2. The molecule has 3 N–H and O–H groups in total. The smallest absolute Gasteiger partial charge is 0.302 e. The SMILES string of the molecule is CC[C@@H]1C[C@H](OC(C)=O)[C@@H](NC(C)=O)[C@H](OCCOCCN)O1. The third-order valence-electron chi connectivity index (χ3n) is 3.43. The normalized spacial score (nSPS) is 27.5. The van der Waals surface area contributed by atoms with E-state index in [0.29, 0.717) is 32.8 Å². The minimum absolute atomic E-state index is 0.0979. The number of hydrogen-bond donors (Lipinski definition) is 2. The van der Waals surface area contributed by atoms with Crippen LogP contribution in [0, 0.1) is 0 Å². The lowest BCUT2D eigenvalue weighted by Crippen LogP contribution is -2.58. The average Bonchev–Trinajstić information content (AvgIpc) is 2.48. The lowest BCUT2D eigenvalue weighted by atomic mass is 9.98. The van der Waals surface area contributed by atoms with Crippen molar-refractivity contribution in [1.29, 1.82) is 0 Å². The van der Waals surface area contributed by atoms with Crippen molar-refractivity contribution in [2.75, 3.05) is 26.4 Å². The number of nitrogens with one attached hydrogen (secondary N) is 1. The fourth-order valence-corrected chi connectivity index (χ4v) is 2.46. The van der Waals surface area contributed by atoms with E-state index in [9.17, 15) is 9.59 Å². The Hall–Kier alpha value is -1.22. The topological polar surface area (TPSA) is 109 Å². The van der Waals surface area contributed by atoms with Crippen molar-refractivity contribution in [2.24, 2.45) is 5.73 Å². The summed E-state index contributed by atoms with van der Waals surface area (Å²) in [5.74, 6) is -0.634. The van der Waals surface area contributed by atoms with Crippen molar-refractivity contribution in [3.05, 3.63) is 0 Å². The van der Waals surface area contributed by atoms with Gasteiger partial charge >= 0.3 is 5.97 Å². The van der Waals surface area contributed by atoms with E-state index in [1.165, 1.54) is 13.8 Å². The van der Waals surface area contributed by atoms with Gasteiger partial charge < -0.3 is 30.0 Å². The molecule has 1 aliphatic rings. The van der Waals surface area contributed by atoms with Crippen LogP contribution in [-0.2, 0) is 28.5 Å². The molecule has 1 saturated heterocycles. The zero-order chi connectivity index (χ0) is 17.2. The number of rotatable bonds is 9. The summed E-state index contributed by atoms with van der Waals surface area (Å²) < 4.78 is 22.2. The largest absolute Gasteiger partial charge is 0.460 e. The summed E-state index contributed by atoms with van der Waals surface area (Å²) in [4.78, 5) is 22.8. The van der Waals surface area contributed by atoms with Gasteiger partial charge in [0.15, 0.2) is 6.29 Å². The number of ether oxygens (including phenoxy) is 4. The molecule has 1 amide bonds. The van der Waals surface area contributed by atoms with Crippen molar-refractivity contribution in [1.82, 2.24) is 5.32 Å². The first kappa shape index (κ1) is 19.8. The minimum atomic E-state index is -0.691. The Morgan fingerprint density at radius 2 is 2.00 bits per heavy atom. The van der Waals surface area contributed by atoms with E-state index in [1.54, 1.807) is 0 Å². The van der Waals surface area contributed by atoms with E-state index in [2.05, 4.69) is 5.32 Å². The molecule has 0 spiro atoms. The summed E-state index contributed by atoms with van der Waals surface area (Å²) in [5.41, 5.74) is 5.34. The molecule has 8 nitrogen and oxygen atoms in total. The number of nitrogens with two attached hydrogens (primary N) is 1. The van der Waals surface area contributed by atoms with Crippen molar-refractivity contribution < 1.29 is 28.5 Å². The van der Waals surface area contributed by atoms with Crippen LogP contribution in [0.1, 0.15) is 33.6 Å². The van der Waals surface area contributed by atoms with Gasteiger partial charge in [-0.3, -0.25) is 9.59 Å². The van der Waals surface area contributed by atoms with Gasteiger partial charge in [0.2, 0.25) is 5.91 Å². The quantitative estimate of drug-likeness (QED) is 0.450. The molecule has 1 fully saturated rings. The van der Waals surface area contributed by atoms with Gasteiger partial charge in [0.05, 0.1) is 25.9 Å². The maximum Gasteiger partial charge on any atom is 0.302 e. The highest BCUT2D eigenvalue weighted by atomic mass is 16.7. The summed E-state index contributed by atoms with van der Waals surface area (Å²) >= 11 is 0. The van der Waals surface area contributed by atoms with Crippen LogP contribution < -0.4 is 11.1 Å². The van der Waals surface area contributed by atoms with Crippen LogP contribution in [0.4, 0.5) is 0 Å². The summed E-state index contributed by atoms with van der Waals surface area (Å²) in [6.07, 6.45) is 0.00589. The van der Waals surface area contributed by atoms with Crippen LogP contribution in [-0.4, -0.2) is 62.8 Å². The molecule has 0 radical (unpaired) electrons. The molecule has 0 bridgehead atoms. The Bertz CT molecular complexity index is 379. The highest BCUT2D eigenvalue weighted by Gasteiger charge is 2.41. The predicted octanol–water partition coefficient (Wildman–Crippen LogP) is -0.0603. The molecule has 0 aromatic heterocycles. The number of hydrogen-bond acceptors (Lipinski definition) is 7. The van der Waals surface area contributed by atoms with Crippen LogP contribution in [0.15, 0.2) is 0 Å². The second kappa shape index (κ2) is 10.5. The Balaban J connectivity index is 2.69. The molecule has 1 aliphatic heterocycles. The fraction of sp³-hybridized carbons (Fsp3) is 0.867. The average molecular weight is 332 g/mol. The predicted molar refractivity (Wildman–Crippen MR) is 82.6 cm³/mol. The van der Waals surface area contributed by atoms with Gasteiger partial charge in [-0.15, -0.1) is 0 Å². The summed E-state index contributed by atoms with van der Waals surface area (Å²) in [6, 6.07) is -0.547. The Morgan fingerprint density at radius 1 is 1.26 bits per heavy atom. The standard InChI is InChI=1S/C15H28N2O6/c1-4-12-9-13(22-11(3)19)14(17-10(2)18)15(23-12)21-8-7-20-6-5-16/h12-15H,4-9,16H2,1-3H3,(H,17,18)/t12-,13+,14-,15-/m1/s1. The van der Waals surface area contributed by atoms with Gasteiger partial charge in [0, 0.05) is 26.8 Å². The molecular weight excluding hydrogens is 304 g/mol.